The summed E-state index contributed by atoms with van der Waals surface area (Å²) in [6, 6.07) is 5.52. The van der Waals surface area contributed by atoms with Crippen molar-refractivity contribution in [2.24, 2.45) is 0 Å². The lowest BCUT2D eigenvalue weighted by molar-refractivity contribution is -0.385. The summed E-state index contributed by atoms with van der Waals surface area (Å²) in [6.45, 7) is 0. The van der Waals surface area contributed by atoms with E-state index in [1.165, 1.54) is 0 Å². The van der Waals surface area contributed by atoms with Gasteiger partial charge in [-0.25, -0.2) is 0 Å². The van der Waals surface area contributed by atoms with Crippen molar-refractivity contribution in [3.8, 4) is 5.75 Å². The Balaban J connectivity index is 2.37. The molecule has 0 saturated carbocycles. The summed E-state index contributed by atoms with van der Waals surface area (Å²) in [7, 11) is 0. The van der Waals surface area contributed by atoms with Gasteiger partial charge in [-0.2, -0.15) is 13.2 Å². The molecule has 2 aromatic rings. The highest BCUT2D eigenvalue weighted by Gasteiger charge is 2.31. The van der Waals surface area contributed by atoms with Gasteiger partial charge >= 0.3 is 11.9 Å². The maximum Gasteiger partial charge on any atom is 0.416 e. The number of para-hydroxylation sites is 1. The zero-order chi connectivity index (χ0) is 18.1. The third-order valence-electron chi connectivity index (χ3n) is 3.00. The maximum atomic E-state index is 12.7. The van der Waals surface area contributed by atoms with E-state index in [1.807, 2.05) is 0 Å². The fourth-order valence-electron chi connectivity index (χ4n) is 1.85. The molecular formula is C14H8ClF3N2O4. The number of rotatable bonds is 3. The minimum atomic E-state index is -4.64. The van der Waals surface area contributed by atoms with Crippen molar-refractivity contribution < 1.29 is 28.0 Å². The van der Waals surface area contributed by atoms with Crippen molar-refractivity contribution >= 4 is 28.9 Å². The number of aromatic hydroxyl groups is 1. The second-order valence-corrected chi connectivity index (χ2v) is 4.98. The highest BCUT2D eigenvalue weighted by Crippen LogP contribution is 2.35. The van der Waals surface area contributed by atoms with E-state index >= 15 is 0 Å². The number of amides is 1. The van der Waals surface area contributed by atoms with Crippen molar-refractivity contribution in [3.63, 3.8) is 0 Å². The summed E-state index contributed by atoms with van der Waals surface area (Å²) >= 11 is 5.75. The predicted molar refractivity (Wildman–Crippen MR) is 79.2 cm³/mol. The van der Waals surface area contributed by atoms with E-state index in [4.69, 9.17) is 11.6 Å². The molecule has 0 aliphatic carbocycles. The molecule has 0 aliphatic heterocycles. The fraction of sp³-hybridized carbons (Fsp3) is 0.0714. The van der Waals surface area contributed by atoms with Gasteiger partial charge < -0.3 is 10.4 Å². The molecule has 0 saturated heterocycles. The van der Waals surface area contributed by atoms with E-state index in [0.29, 0.717) is 6.07 Å². The zero-order valence-corrected chi connectivity index (χ0v) is 12.4. The number of phenolic OH excluding ortho intramolecular Hbond substituents is 1. The SMILES string of the molecule is O=C(Nc1cc(C(F)(F)F)ccc1Cl)c1cccc([N+](=O)[O-])c1O. The molecule has 0 atom stereocenters. The number of hydrogen-bond donors (Lipinski definition) is 2. The first-order valence-corrected chi connectivity index (χ1v) is 6.63. The van der Waals surface area contributed by atoms with Crippen LogP contribution in [0.3, 0.4) is 0 Å². The van der Waals surface area contributed by atoms with Gasteiger partial charge in [0.25, 0.3) is 5.91 Å². The Morgan fingerprint density at radius 2 is 1.92 bits per heavy atom. The van der Waals surface area contributed by atoms with Crippen LogP contribution in [0.4, 0.5) is 24.5 Å². The Morgan fingerprint density at radius 3 is 2.50 bits per heavy atom. The van der Waals surface area contributed by atoms with Gasteiger partial charge in [-0.05, 0) is 24.3 Å². The molecule has 1 amide bonds. The van der Waals surface area contributed by atoms with Crippen LogP contribution in [0.1, 0.15) is 15.9 Å². The van der Waals surface area contributed by atoms with Crippen LogP contribution in [0, 0.1) is 10.1 Å². The van der Waals surface area contributed by atoms with E-state index in [-0.39, 0.29) is 10.7 Å². The van der Waals surface area contributed by atoms with Crippen LogP contribution in [0.25, 0.3) is 0 Å². The number of phenols is 1. The Kier molecular flexibility index (Phi) is 4.65. The summed E-state index contributed by atoms with van der Waals surface area (Å²) < 4.78 is 38.1. The number of hydrogen-bond acceptors (Lipinski definition) is 4. The highest BCUT2D eigenvalue weighted by atomic mass is 35.5. The highest BCUT2D eigenvalue weighted by molar-refractivity contribution is 6.34. The van der Waals surface area contributed by atoms with Crippen molar-refractivity contribution in [2.75, 3.05) is 5.32 Å². The molecule has 2 N–H and O–H groups in total. The number of nitro benzene ring substituents is 1. The number of alkyl halides is 3. The molecule has 126 valence electrons. The molecule has 0 fully saturated rings. The van der Waals surface area contributed by atoms with E-state index < -0.39 is 39.6 Å². The molecule has 0 bridgehead atoms. The van der Waals surface area contributed by atoms with E-state index in [1.54, 1.807) is 0 Å². The van der Waals surface area contributed by atoms with Gasteiger partial charge in [0.15, 0.2) is 0 Å². The van der Waals surface area contributed by atoms with Gasteiger partial charge in [0.2, 0.25) is 5.75 Å². The minimum Gasteiger partial charge on any atom is -0.502 e. The lowest BCUT2D eigenvalue weighted by Crippen LogP contribution is -2.14. The molecule has 6 nitrogen and oxygen atoms in total. The molecular weight excluding hydrogens is 353 g/mol. The number of nitrogens with zero attached hydrogens (tertiary/aromatic N) is 1. The van der Waals surface area contributed by atoms with Crippen LogP contribution in [0.15, 0.2) is 36.4 Å². The van der Waals surface area contributed by atoms with Gasteiger partial charge in [0.1, 0.15) is 0 Å². The first-order chi connectivity index (χ1) is 11.1. The standard InChI is InChI=1S/C14H8ClF3N2O4/c15-9-5-4-7(14(16,17)18)6-10(9)19-13(22)8-2-1-3-11(12(8)21)20(23)24/h1-6,21H,(H,19,22). The monoisotopic (exact) mass is 360 g/mol. The van der Waals surface area contributed by atoms with E-state index in [0.717, 1.165) is 30.3 Å². The molecule has 2 aromatic carbocycles. The van der Waals surface area contributed by atoms with Gasteiger partial charge in [0, 0.05) is 6.07 Å². The van der Waals surface area contributed by atoms with Gasteiger partial charge in [-0.3, -0.25) is 14.9 Å². The van der Waals surface area contributed by atoms with Crippen LogP contribution < -0.4 is 5.32 Å². The number of carbonyl (C=O) groups excluding carboxylic acids is 1. The van der Waals surface area contributed by atoms with E-state index in [9.17, 15) is 33.2 Å². The molecule has 0 aliphatic rings. The van der Waals surface area contributed by atoms with Crippen molar-refractivity contribution in [3.05, 3.63) is 62.7 Å². The van der Waals surface area contributed by atoms with Gasteiger partial charge in [-0.1, -0.05) is 17.7 Å². The number of nitrogens with one attached hydrogen (secondary N) is 1. The Hall–Kier alpha value is -2.81. The van der Waals surface area contributed by atoms with Crippen LogP contribution in [-0.4, -0.2) is 15.9 Å². The predicted octanol–water partition coefficient (Wildman–Crippen LogP) is 4.22. The normalized spacial score (nSPS) is 11.2. The largest absolute Gasteiger partial charge is 0.502 e. The summed E-state index contributed by atoms with van der Waals surface area (Å²) in [4.78, 5) is 21.9. The second-order valence-electron chi connectivity index (χ2n) is 4.58. The molecule has 2 rings (SSSR count). The third kappa shape index (κ3) is 3.57. The number of benzene rings is 2. The topological polar surface area (TPSA) is 92.5 Å². The fourth-order valence-corrected chi connectivity index (χ4v) is 2.01. The van der Waals surface area contributed by atoms with Crippen LogP contribution in [0.5, 0.6) is 5.75 Å². The quantitative estimate of drug-likeness (QED) is 0.633. The summed E-state index contributed by atoms with van der Waals surface area (Å²) in [5.74, 6) is -1.94. The van der Waals surface area contributed by atoms with Crippen LogP contribution in [0.2, 0.25) is 5.02 Å². The van der Waals surface area contributed by atoms with Gasteiger partial charge in [-0.15, -0.1) is 0 Å². The smallest absolute Gasteiger partial charge is 0.416 e. The average molecular weight is 361 g/mol. The first kappa shape index (κ1) is 17.5. The number of anilines is 1. The summed E-state index contributed by atoms with van der Waals surface area (Å²) in [6.07, 6.45) is -4.64. The third-order valence-corrected chi connectivity index (χ3v) is 3.33. The minimum absolute atomic E-state index is 0.165. The summed E-state index contributed by atoms with van der Waals surface area (Å²) in [5.41, 5.74) is -2.57. The Morgan fingerprint density at radius 1 is 1.25 bits per heavy atom. The number of carbonyl (C=O) groups is 1. The van der Waals surface area contributed by atoms with Crippen LogP contribution in [-0.2, 0) is 6.18 Å². The lowest BCUT2D eigenvalue weighted by atomic mass is 10.1. The molecule has 0 unspecified atom stereocenters. The molecule has 0 spiro atoms. The second kappa shape index (κ2) is 6.36. The van der Waals surface area contributed by atoms with Crippen molar-refractivity contribution in [1.82, 2.24) is 0 Å². The Labute approximate surface area is 137 Å². The van der Waals surface area contributed by atoms with Crippen LogP contribution >= 0.6 is 11.6 Å². The average Bonchev–Trinajstić information content (AvgIpc) is 2.48. The maximum absolute atomic E-state index is 12.7. The number of nitro groups is 1. The summed E-state index contributed by atoms with van der Waals surface area (Å²) in [5, 5.41) is 22.4. The molecule has 0 aromatic heterocycles. The zero-order valence-electron chi connectivity index (χ0n) is 11.6. The first-order valence-electron chi connectivity index (χ1n) is 6.25. The van der Waals surface area contributed by atoms with Gasteiger partial charge in [0.05, 0.1) is 26.8 Å². The molecule has 0 heterocycles. The molecule has 24 heavy (non-hydrogen) atoms. The lowest BCUT2D eigenvalue weighted by Gasteiger charge is -2.12. The van der Waals surface area contributed by atoms with E-state index in [2.05, 4.69) is 5.32 Å². The van der Waals surface area contributed by atoms with Crippen molar-refractivity contribution in [1.29, 1.82) is 0 Å². The Bertz CT molecular complexity index is 824. The molecule has 10 heteroatoms. The molecule has 0 radical (unpaired) electrons. The number of halogens is 4. The van der Waals surface area contributed by atoms with Crippen molar-refractivity contribution in [2.45, 2.75) is 6.18 Å².